The summed E-state index contributed by atoms with van der Waals surface area (Å²) in [7, 11) is 0. The van der Waals surface area contributed by atoms with E-state index in [4.69, 9.17) is 4.74 Å². The number of halogens is 1. The first-order valence-corrected chi connectivity index (χ1v) is 10.7. The molecule has 1 saturated heterocycles. The molecule has 5 nitrogen and oxygen atoms in total. The van der Waals surface area contributed by atoms with Crippen LogP contribution in [0.1, 0.15) is 57.9 Å². The number of hydrogen-bond donors (Lipinski definition) is 1. The van der Waals surface area contributed by atoms with Gasteiger partial charge in [0, 0.05) is 19.3 Å². The number of aliphatic hydroxyl groups is 1. The number of allylic oxidation sites excluding steroid dienone is 3. The number of cyclic esters (lactones) is 1. The SMILES string of the molecule is CC1(C)CC2(CC(c3ccc(F)cc3)=C1/C=C/[C@@H]1C[C@@H](O)CC(=O)O1)C(=O)CCC2=O. The molecule has 2 aliphatic carbocycles. The number of rotatable bonds is 3. The van der Waals surface area contributed by atoms with Crippen LogP contribution in [0.15, 0.2) is 42.0 Å². The van der Waals surface area contributed by atoms with Gasteiger partial charge in [-0.25, -0.2) is 4.39 Å². The third-order valence-electron chi connectivity index (χ3n) is 6.78. The minimum Gasteiger partial charge on any atom is -0.458 e. The van der Waals surface area contributed by atoms with Gasteiger partial charge >= 0.3 is 5.97 Å². The van der Waals surface area contributed by atoms with Crippen LogP contribution in [0.4, 0.5) is 4.39 Å². The van der Waals surface area contributed by atoms with Gasteiger partial charge in [-0.2, -0.15) is 0 Å². The van der Waals surface area contributed by atoms with Gasteiger partial charge in [-0.05, 0) is 53.2 Å². The lowest BCUT2D eigenvalue weighted by molar-refractivity contribution is -0.156. The molecule has 31 heavy (non-hydrogen) atoms. The van der Waals surface area contributed by atoms with Gasteiger partial charge in [0.25, 0.3) is 0 Å². The summed E-state index contributed by atoms with van der Waals surface area (Å²) < 4.78 is 18.9. The third kappa shape index (κ3) is 4.01. The molecular formula is C25H27FO5. The summed E-state index contributed by atoms with van der Waals surface area (Å²) in [4.78, 5) is 37.4. The number of benzene rings is 1. The van der Waals surface area contributed by atoms with E-state index in [1.54, 1.807) is 18.2 Å². The van der Waals surface area contributed by atoms with Gasteiger partial charge in [-0.3, -0.25) is 14.4 Å². The number of aliphatic hydroxyl groups excluding tert-OH is 1. The quantitative estimate of drug-likeness (QED) is 0.585. The molecule has 2 atom stereocenters. The molecule has 1 heterocycles. The number of Topliss-reactive ketones (excluding diaryl/α,β-unsaturated/α-hetero) is 2. The molecule has 1 saturated carbocycles. The van der Waals surface area contributed by atoms with Crippen molar-refractivity contribution >= 4 is 23.1 Å². The Morgan fingerprint density at radius 3 is 2.35 bits per heavy atom. The summed E-state index contributed by atoms with van der Waals surface area (Å²) in [6.07, 6.45) is 3.91. The zero-order valence-corrected chi connectivity index (χ0v) is 17.8. The monoisotopic (exact) mass is 426 g/mol. The zero-order chi connectivity index (χ0) is 22.4. The van der Waals surface area contributed by atoms with Crippen LogP contribution in [0.5, 0.6) is 0 Å². The largest absolute Gasteiger partial charge is 0.458 e. The highest BCUT2D eigenvalue weighted by Gasteiger charge is 2.55. The highest BCUT2D eigenvalue weighted by Crippen LogP contribution is 2.56. The molecule has 1 spiro atoms. The molecule has 1 N–H and O–H groups in total. The zero-order valence-electron chi connectivity index (χ0n) is 17.8. The maximum atomic E-state index is 13.6. The molecule has 164 valence electrons. The van der Waals surface area contributed by atoms with Crippen LogP contribution in [0.2, 0.25) is 0 Å². The molecule has 0 radical (unpaired) electrons. The number of ketones is 2. The van der Waals surface area contributed by atoms with Crippen LogP contribution < -0.4 is 0 Å². The molecule has 0 unspecified atom stereocenters. The number of carbonyl (C=O) groups excluding carboxylic acids is 3. The lowest BCUT2D eigenvalue weighted by Gasteiger charge is -2.43. The third-order valence-corrected chi connectivity index (χ3v) is 6.78. The summed E-state index contributed by atoms with van der Waals surface area (Å²) in [5, 5.41) is 9.89. The lowest BCUT2D eigenvalue weighted by atomic mass is 9.58. The van der Waals surface area contributed by atoms with Crippen LogP contribution in [-0.2, 0) is 19.1 Å². The first kappa shape index (κ1) is 21.6. The second kappa shape index (κ2) is 7.83. The molecule has 2 fully saturated rings. The predicted molar refractivity (Wildman–Crippen MR) is 112 cm³/mol. The van der Waals surface area contributed by atoms with E-state index < -0.39 is 29.0 Å². The number of carbonyl (C=O) groups is 3. The van der Waals surface area contributed by atoms with Gasteiger partial charge in [-0.1, -0.05) is 32.1 Å². The smallest absolute Gasteiger partial charge is 0.309 e. The molecule has 6 heteroatoms. The van der Waals surface area contributed by atoms with Crippen molar-refractivity contribution in [2.75, 3.05) is 0 Å². The summed E-state index contributed by atoms with van der Waals surface area (Å²) in [5.74, 6) is -0.831. The Hall–Kier alpha value is -2.60. The van der Waals surface area contributed by atoms with Crippen molar-refractivity contribution in [1.82, 2.24) is 0 Å². The van der Waals surface area contributed by atoms with Crippen molar-refractivity contribution in [3.8, 4) is 0 Å². The minimum absolute atomic E-state index is 0.00784. The van der Waals surface area contributed by atoms with Crippen molar-refractivity contribution in [3.05, 3.63) is 53.4 Å². The summed E-state index contributed by atoms with van der Waals surface area (Å²) in [6.45, 7) is 4.00. The van der Waals surface area contributed by atoms with Crippen molar-refractivity contribution in [2.24, 2.45) is 10.8 Å². The molecule has 3 aliphatic rings. The Morgan fingerprint density at radius 1 is 1.10 bits per heavy atom. The fraction of sp³-hybridized carbons (Fsp3) is 0.480. The first-order valence-electron chi connectivity index (χ1n) is 10.7. The van der Waals surface area contributed by atoms with E-state index in [9.17, 15) is 23.9 Å². The van der Waals surface area contributed by atoms with E-state index >= 15 is 0 Å². The molecule has 0 amide bonds. The number of hydrogen-bond acceptors (Lipinski definition) is 5. The van der Waals surface area contributed by atoms with E-state index in [-0.39, 0.29) is 43.1 Å². The van der Waals surface area contributed by atoms with Crippen molar-refractivity contribution in [3.63, 3.8) is 0 Å². The van der Waals surface area contributed by atoms with Crippen molar-refractivity contribution in [1.29, 1.82) is 0 Å². The Kier molecular flexibility index (Phi) is 5.46. The Labute approximate surface area is 181 Å². The summed E-state index contributed by atoms with van der Waals surface area (Å²) in [6, 6.07) is 6.08. The van der Waals surface area contributed by atoms with Crippen LogP contribution in [0.3, 0.4) is 0 Å². The normalized spacial score (nSPS) is 27.9. The molecule has 1 aromatic carbocycles. The molecule has 0 aromatic heterocycles. The van der Waals surface area contributed by atoms with Gasteiger partial charge in [0.2, 0.25) is 0 Å². The number of esters is 1. The molecule has 0 bridgehead atoms. The predicted octanol–water partition coefficient (Wildman–Crippen LogP) is 3.94. The van der Waals surface area contributed by atoms with Crippen LogP contribution >= 0.6 is 0 Å². The summed E-state index contributed by atoms with van der Waals surface area (Å²) in [5.41, 5.74) is 0.984. The van der Waals surface area contributed by atoms with Gasteiger partial charge in [0.15, 0.2) is 0 Å². The molecule has 1 aromatic rings. The minimum atomic E-state index is -1.03. The average molecular weight is 426 g/mol. The Balaban J connectivity index is 1.79. The fourth-order valence-corrected chi connectivity index (χ4v) is 5.34. The van der Waals surface area contributed by atoms with E-state index in [0.29, 0.717) is 12.8 Å². The Morgan fingerprint density at radius 2 is 1.74 bits per heavy atom. The van der Waals surface area contributed by atoms with Crippen molar-refractivity contribution in [2.45, 2.75) is 64.6 Å². The van der Waals surface area contributed by atoms with E-state index in [2.05, 4.69) is 0 Å². The summed E-state index contributed by atoms with van der Waals surface area (Å²) >= 11 is 0. The van der Waals surface area contributed by atoms with Crippen LogP contribution in [0, 0.1) is 16.6 Å². The second-order valence-corrected chi connectivity index (χ2v) is 9.55. The fourth-order valence-electron chi connectivity index (χ4n) is 5.34. The van der Waals surface area contributed by atoms with Gasteiger partial charge < -0.3 is 9.84 Å². The maximum absolute atomic E-state index is 13.6. The highest BCUT2D eigenvalue weighted by molar-refractivity contribution is 6.14. The van der Waals surface area contributed by atoms with Gasteiger partial charge in [0.1, 0.15) is 23.5 Å². The van der Waals surface area contributed by atoms with Crippen LogP contribution in [-0.4, -0.2) is 34.9 Å². The van der Waals surface area contributed by atoms with Crippen LogP contribution in [0.25, 0.3) is 5.57 Å². The molecule has 4 rings (SSSR count). The maximum Gasteiger partial charge on any atom is 0.309 e. The molecule has 1 aliphatic heterocycles. The lowest BCUT2D eigenvalue weighted by Crippen LogP contribution is -2.42. The topological polar surface area (TPSA) is 80.7 Å². The average Bonchev–Trinajstić information content (AvgIpc) is 2.94. The Bertz CT molecular complexity index is 970. The second-order valence-electron chi connectivity index (χ2n) is 9.55. The van der Waals surface area contributed by atoms with E-state index in [0.717, 1.165) is 16.7 Å². The number of ether oxygens (including phenoxy) is 1. The first-order chi connectivity index (χ1) is 14.6. The highest BCUT2D eigenvalue weighted by atomic mass is 19.1. The molecular weight excluding hydrogens is 399 g/mol. The standard InChI is InChI=1S/C25H27FO5/c1-24(2)14-25(21(28)9-10-22(25)29)13-19(15-3-5-16(26)6-4-15)20(24)8-7-18-11-17(27)12-23(30)31-18/h3-8,17-18,27H,9-14H2,1-2H3/b8-7+/t17-,18-/m1/s1. The van der Waals surface area contributed by atoms with E-state index in [1.165, 1.54) is 12.1 Å². The van der Waals surface area contributed by atoms with Crippen molar-refractivity contribution < 1.29 is 28.6 Å². The van der Waals surface area contributed by atoms with Gasteiger partial charge in [-0.15, -0.1) is 0 Å². The van der Waals surface area contributed by atoms with E-state index in [1.807, 2.05) is 19.9 Å². The van der Waals surface area contributed by atoms with Gasteiger partial charge in [0.05, 0.1) is 17.9 Å².